The van der Waals surface area contributed by atoms with Gasteiger partial charge in [0.2, 0.25) is 5.91 Å². The van der Waals surface area contributed by atoms with Crippen molar-refractivity contribution in [2.75, 3.05) is 5.75 Å². The molecule has 1 saturated heterocycles. The molecule has 13 heavy (non-hydrogen) atoms. The minimum atomic E-state index is 0.264. The molecule has 1 fully saturated rings. The highest BCUT2D eigenvalue weighted by Crippen LogP contribution is 2.35. The highest BCUT2D eigenvalue weighted by atomic mass is 32.2. The molecule has 0 N–H and O–H groups in total. The van der Waals surface area contributed by atoms with Gasteiger partial charge < -0.3 is 4.90 Å². The van der Waals surface area contributed by atoms with Crippen LogP contribution in [0.5, 0.6) is 0 Å². The van der Waals surface area contributed by atoms with E-state index in [1.54, 1.807) is 0 Å². The fourth-order valence-electron chi connectivity index (χ4n) is 1.46. The van der Waals surface area contributed by atoms with Crippen molar-refractivity contribution in [3.63, 3.8) is 0 Å². The molecule has 70 valence electrons. The normalized spacial score (nSPS) is 27.2. The first-order valence-corrected chi connectivity index (χ1v) is 5.66. The van der Waals surface area contributed by atoms with Gasteiger partial charge in [-0.25, -0.2) is 0 Å². The van der Waals surface area contributed by atoms with Gasteiger partial charge in [0, 0.05) is 12.0 Å². The number of rotatable bonds is 2. The molecule has 0 unspecified atom stereocenters. The molecule has 2 aliphatic rings. The standard InChI is InChI=1S/C10H13NOS/c1-2-3-4-8-6-11-9(12)5-10(11)13-7-8/h3-4,6,10H,2,5,7H2,1H3/b4-3-/t10-/m0/s1. The Labute approximate surface area is 82.7 Å². The smallest absolute Gasteiger partial charge is 0.230 e. The van der Waals surface area contributed by atoms with E-state index in [-0.39, 0.29) is 5.91 Å². The van der Waals surface area contributed by atoms with Crippen molar-refractivity contribution < 1.29 is 4.79 Å². The number of hydrogen-bond donors (Lipinski definition) is 0. The number of amides is 1. The maximum Gasteiger partial charge on any atom is 0.230 e. The quantitative estimate of drug-likeness (QED) is 0.629. The summed E-state index contributed by atoms with van der Waals surface area (Å²) in [5.74, 6) is 1.31. The zero-order chi connectivity index (χ0) is 9.26. The first-order chi connectivity index (χ1) is 6.31. The number of thioether (sulfide) groups is 1. The van der Waals surface area contributed by atoms with Crippen LogP contribution in [-0.2, 0) is 4.79 Å². The van der Waals surface area contributed by atoms with E-state index in [0.717, 1.165) is 18.6 Å². The number of carbonyl (C=O) groups is 1. The Morgan fingerprint density at radius 2 is 2.62 bits per heavy atom. The molecule has 1 amide bonds. The molecular weight excluding hydrogens is 182 g/mol. The first-order valence-electron chi connectivity index (χ1n) is 4.61. The van der Waals surface area contributed by atoms with Crippen LogP contribution in [0.4, 0.5) is 0 Å². The van der Waals surface area contributed by atoms with Crippen LogP contribution in [0, 0.1) is 0 Å². The van der Waals surface area contributed by atoms with Crippen LogP contribution in [0.3, 0.4) is 0 Å². The van der Waals surface area contributed by atoms with E-state index < -0.39 is 0 Å². The Kier molecular flexibility index (Phi) is 2.44. The lowest BCUT2D eigenvalue weighted by molar-refractivity contribution is -0.137. The maximum atomic E-state index is 11.1. The van der Waals surface area contributed by atoms with Crippen molar-refractivity contribution in [3.8, 4) is 0 Å². The molecule has 2 aliphatic heterocycles. The molecule has 0 bridgehead atoms. The van der Waals surface area contributed by atoms with E-state index in [4.69, 9.17) is 0 Å². The average Bonchev–Trinajstić information content (AvgIpc) is 2.14. The van der Waals surface area contributed by atoms with Gasteiger partial charge in [0.1, 0.15) is 0 Å². The molecule has 2 nitrogen and oxygen atoms in total. The van der Waals surface area contributed by atoms with Crippen LogP contribution in [0.2, 0.25) is 0 Å². The summed E-state index contributed by atoms with van der Waals surface area (Å²) in [5.41, 5.74) is 1.26. The van der Waals surface area contributed by atoms with Gasteiger partial charge in [0.05, 0.1) is 11.8 Å². The molecule has 0 radical (unpaired) electrons. The number of nitrogens with zero attached hydrogens (tertiary/aromatic N) is 1. The highest BCUT2D eigenvalue weighted by Gasteiger charge is 2.37. The zero-order valence-electron chi connectivity index (χ0n) is 7.69. The average molecular weight is 195 g/mol. The van der Waals surface area contributed by atoms with Crippen molar-refractivity contribution >= 4 is 17.7 Å². The number of hydrogen-bond acceptors (Lipinski definition) is 2. The summed E-state index contributed by atoms with van der Waals surface area (Å²) in [5, 5.41) is 0.436. The van der Waals surface area contributed by atoms with Crippen LogP contribution in [0.1, 0.15) is 19.8 Å². The van der Waals surface area contributed by atoms with Crippen molar-refractivity contribution in [1.29, 1.82) is 0 Å². The van der Waals surface area contributed by atoms with Crippen molar-refractivity contribution in [3.05, 3.63) is 23.9 Å². The molecule has 2 rings (SSSR count). The second-order valence-corrected chi connectivity index (χ2v) is 4.45. The number of carbonyl (C=O) groups excluding carboxylic acids is 1. The third-order valence-corrected chi connectivity index (χ3v) is 3.54. The summed E-state index contributed by atoms with van der Waals surface area (Å²) in [7, 11) is 0. The SMILES string of the molecule is CC/C=C\C1=CN2C(=O)C[C@@H]2SC1. The number of fused-ring (bicyclic) bond motifs is 1. The lowest BCUT2D eigenvalue weighted by Gasteiger charge is -2.40. The summed E-state index contributed by atoms with van der Waals surface area (Å²) in [6.07, 6.45) is 8.04. The topological polar surface area (TPSA) is 20.3 Å². The van der Waals surface area contributed by atoms with E-state index in [9.17, 15) is 4.79 Å². The van der Waals surface area contributed by atoms with Crippen LogP contribution in [0.15, 0.2) is 23.9 Å². The molecule has 0 aromatic carbocycles. The molecule has 0 aliphatic carbocycles. The Bertz CT molecular complexity index is 283. The van der Waals surface area contributed by atoms with Gasteiger partial charge in [-0.1, -0.05) is 19.1 Å². The van der Waals surface area contributed by atoms with Crippen LogP contribution >= 0.6 is 11.8 Å². The summed E-state index contributed by atoms with van der Waals surface area (Å²) in [6.45, 7) is 2.12. The zero-order valence-corrected chi connectivity index (χ0v) is 8.51. The predicted octanol–water partition coefficient (Wildman–Crippen LogP) is 2.14. The van der Waals surface area contributed by atoms with Crippen LogP contribution in [-0.4, -0.2) is 21.9 Å². The highest BCUT2D eigenvalue weighted by molar-refractivity contribution is 8.00. The van der Waals surface area contributed by atoms with Gasteiger partial charge >= 0.3 is 0 Å². The van der Waals surface area contributed by atoms with E-state index >= 15 is 0 Å². The Morgan fingerprint density at radius 3 is 3.31 bits per heavy atom. The minimum Gasteiger partial charge on any atom is -0.306 e. The molecule has 0 aromatic rings. The van der Waals surface area contributed by atoms with E-state index in [1.165, 1.54) is 5.57 Å². The van der Waals surface area contributed by atoms with Gasteiger partial charge in [-0.05, 0) is 12.0 Å². The Balaban J connectivity index is 2.05. The van der Waals surface area contributed by atoms with Gasteiger partial charge in [0.15, 0.2) is 0 Å². The fraction of sp³-hybridized carbons (Fsp3) is 0.500. The molecule has 1 atom stereocenters. The molecule has 3 heteroatoms. The predicted molar refractivity (Wildman–Crippen MR) is 55.2 cm³/mol. The summed E-state index contributed by atoms with van der Waals surface area (Å²) in [4.78, 5) is 13.0. The Morgan fingerprint density at radius 1 is 1.77 bits per heavy atom. The second kappa shape index (κ2) is 3.58. The summed E-state index contributed by atoms with van der Waals surface area (Å²) >= 11 is 1.86. The van der Waals surface area contributed by atoms with Crippen molar-refractivity contribution in [2.24, 2.45) is 0 Å². The first kappa shape index (κ1) is 8.88. The minimum absolute atomic E-state index is 0.264. The summed E-state index contributed by atoms with van der Waals surface area (Å²) in [6, 6.07) is 0. The molecule has 0 aromatic heterocycles. The van der Waals surface area contributed by atoms with Gasteiger partial charge in [-0.2, -0.15) is 0 Å². The monoisotopic (exact) mass is 195 g/mol. The Hall–Kier alpha value is -0.700. The molecular formula is C10H13NOS. The number of allylic oxidation sites excluding steroid dienone is 2. The van der Waals surface area contributed by atoms with Crippen molar-refractivity contribution in [1.82, 2.24) is 4.90 Å². The lowest BCUT2D eigenvalue weighted by Crippen LogP contribution is -2.48. The van der Waals surface area contributed by atoms with Crippen LogP contribution < -0.4 is 0 Å². The number of β-lactam (4-membered cyclic amide) rings is 1. The van der Waals surface area contributed by atoms with Crippen molar-refractivity contribution in [2.45, 2.75) is 25.1 Å². The lowest BCUT2D eigenvalue weighted by atomic mass is 10.2. The third kappa shape index (κ3) is 1.66. The largest absolute Gasteiger partial charge is 0.306 e. The van der Waals surface area contributed by atoms with Crippen LogP contribution in [0.25, 0.3) is 0 Å². The molecule has 2 heterocycles. The van der Waals surface area contributed by atoms with E-state index in [0.29, 0.717) is 5.37 Å². The van der Waals surface area contributed by atoms with E-state index in [1.807, 2.05) is 22.9 Å². The van der Waals surface area contributed by atoms with Gasteiger partial charge in [0.25, 0.3) is 0 Å². The third-order valence-electron chi connectivity index (χ3n) is 2.26. The fourth-order valence-corrected chi connectivity index (χ4v) is 2.62. The molecule has 0 saturated carbocycles. The molecule has 0 spiro atoms. The summed E-state index contributed by atoms with van der Waals surface area (Å²) < 4.78 is 0. The maximum absolute atomic E-state index is 11.1. The second-order valence-electron chi connectivity index (χ2n) is 3.29. The van der Waals surface area contributed by atoms with E-state index in [2.05, 4.69) is 19.1 Å². The van der Waals surface area contributed by atoms with Gasteiger partial charge in [-0.3, -0.25) is 4.79 Å². The van der Waals surface area contributed by atoms with Gasteiger partial charge in [-0.15, -0.1) is 11.8 Å².